The van der Waals surface area contributed by atoms with E-state index in [9.17, 15) is 0 Å². The molecule has 1 heterocycles. The van der Waals surface area contributed by atoms with Gasteiger partial charge in [-0.15, -0.1) is 0 Å². The Bertz CT molecular complexity index is 389. The molecule has 1 saturated heterocycles. The lowest BCUT2D eigenvalue weighted by Crippen LogP contribution is -2.16. The van der Waals surface area contributed by atoms with Crippen LogP contribution in [0, 0.1) is 18.3 Å². The summed E-state index contributed by atoms with van der Waals surface area (Å²) in [7, 11) is 0. The summed E-state index contributed by atoms with van der Waals surface area (Å²) in [6.07, 6.45) is 0.999. The molecule has 2 rings (SSSR count). The van der Waals surface area contributed by atoms with E-state index >= 15 is 0 Å². The van der Waals surface area contributed by atoms with Crippen molar-refractivity contribution in [3.63, 3.8) is 0 Å². The molecule has 1 aromatic carbocycles. The largest absolute Gasteiger partial charge is 0.487 e. The van der Waals surface area contributed by atoms with Crippen molar-refractivity contribution in [3.8, 4) is 11.8 Å². The van der Waals surface area contributed by atoms with E-state index in [1.54, 1.807) is 0 Å². The monoisotopic (exact) mass is 203 g/mol. The average molecular weight is 203 g/mol. The highest BCUT2D eigenvalue weighted by atomic mass is 16.5. The summed E-state index contributed by atoms with van der Waals surface area (Å²) in [6.45, 7) is 3.33. The van der Waals surface area contributed by atoms with E-state index in [2.05, 4.69) is 6.07 Å². The molecule has 1 aliphatic rings. The van der Waals surface area contributed by atoms with Gasteiger partial charge in [0.2, 0.25) is 0 Å². The van der Waals surface area contributed by atoms with Crippen molar-refractivity contribution in [3.05, 3.63) is 29.3 Å². The molecule has 0 unspecified atom stereocenters. The predicted molar refractivity (Wildman–Crippen MR) is 55.7 cm³/mol. The summed E-state index contributed by atoms with van der Waals surface area (Å²) in [6, 6.07) is 7.79. The van der Waals surface area contributed by atoms with Gasteiger partial charge in [-0.1, -0.05) is 6.07 Å². The quantitative estimate of drug-likeness (QED) is 0.738. The normalized spacial score (nSPS) is 19.9. The number of nitrogens with zero attached hydrogens (tertiary/aromatic N) is 1. The first-order valence-corrected chi connectivity index (χ1v) is 5.05. The van der Waals surface area contributed by atoms with E-state index in [1.807, 2.05) is 25.1 Å². The molecule has 0 aliphatic carbocycles. The summed E-state index contributed by atoms with van der Waals surface area (Å²) >= 11 is 0. The standard InChI is InChI=1S/C12H13NO2/c1-9-2-3-12(10(6-9)7-13)15-11-4-5-14-8-11/h2-3,6,11H,4-5,8H2,1H3/t11-/m0/s1. The fourth-order valence-electron chi connectivity index (χ4n) is 1.62. The van der Waals surface area contributed by atoms with Crippen molar-refractivity contribution in [1.29, 1.82) is 5.26 Å². The lowest BCUT2D eigenvalue weighted by Gasteiger charge is -2.13. The molecule has 1 fully saturated rings. The Kier molecular flexibility index (Phi) is 2.89. The second kappa shape index (κ2) is 4.33. The van der Waals surface area contributed by atoms with Gasteiger partial charge >= 0.3 is 0 Å². The number of aryl methyl sites for hydroxylation is 1. The molecule has 3 nitrogen and oxygen atoms in total. The van der Waals surface area contributed by atoms with Gasteiger partial charge in [0.25, 0.3) is 0 Å². The Labute approximate surface area is 89.2 Å². The van der Waals surface area contributed by atoms with Gasteiger partial charge < -0.3 is 9.47 Å². The maximum absolute atomic E-state index is 8.96. The highest BCUT2D eigenvalue weighted by molar-refractivity contribution is 5.45. The predicted octanol–water partition coefficient (Wildman–Crippen LogP) is 2.03. The van der Waals surface area contributed by atoms with Crippen LogP contribution in [-0.2, 0) is 4.74 Å². The van der Waals surface area contributed by atoms with Crippen LogP contribution < -0.4 is 4.74 Å². The maximum atomic E-state index is 8.96. The molecule has 0 N–H and O–H groups in total. The summed E-state index contributed by atoms with van der Waals surface area (Å²) in [4.78, 5) is 0. The third-order valence-corrected chi connectivity index (χ3v) is 2.44. The molecule has 3 heteroatoms. The van der Waals surface area contributed by atoms with E-state index in [1.165, 1.54) is 0 Å². The van der Waals surface area contributed by atoms with Crippen LogP contribution in [0.1, 0.15) is 17.5 Å². The molecule has 0 saturated carbocycles. The van der Waals surface area contributed by atoms with Gasteiger partial charge in [-0.3, -0.25) is 0 Å². The Morgan fingerprint density at radius 3 is 3.07 bits per heavy atom. The first kappa shape index (κ1) is 10.0. The minimum Gasteiger partial charge on any atom is -0.487 e. The van der Waals surface area contributed by atoms with Crippen LogP contribution in [0.15, 0.2) is 18.2 Å². The Morgan fingerprint density at radius 2 is 2.40 bits per heavy atom. The first-order valence-electron chi connectivity index (χ1n) is 5.05. The number of rotatable bonds is 2. The first-order chi connectivity index (χ1) is 7.29. The summed E-state index contributed by atoms with van der Waals surface area (Å²) in [5.41, 5.74) is 1.67. The number of hydrogen-bond acceptors (Lipinski definition) is 3. The van der Waals surface area contributed by atoms with E-state index in [0.717, 1.165) is 18.6 Å². The molecular weight excluding hydrogens is 190 g/mol. The Balaban J connectivity index is 2.16. The van der Waals surface area contributed by atoms with Crippen LogP contribution in [0.25, 0.3) is 0 Å². The van der Waals surface area contributed by atoms with Gasteiger partial charge in [-0.25, -0.2) is 0 Å². The lowest BCUT2D eigenvalue weighted by molar-refractivity contribution is 0.141. The molecule has 15 heavy (non-hydrogen) atoms. The van der Waals surface area contributed by atoms with E-state index in [-0.39, 0.29) is 6.10 Å². The Hall–Kier alpha value is -1.53. The van der Waals surface area contributed by atoms with Crippen molar-refractivity contribution in [2.24, 2.45) is 0 Å². The second-order valence-corrected chi connectivity index (χ2v) is 3.71. The molecule has 0 amide bonds. The van der Waals surface area contributed by atoms with E-state index < -0.39 is 0 Å². The van der Waals surface area contributed by atoms with Crippen LogP contribution in [0.2, 0.25) is 0 Å². The Morgan fingerprint density at radius 1 is 1.53 bits per heavy atom. The zero-order valence-electron chi connectivity index (χ0n) is 8.69. The highest BCUT2D eigenvalue weighted by Crippen LogP contribution is 2.22. The van der Waals surface area contributed by atoms with E-state index in [4.69, 9.17) is 14.7 Å². The summed E-state index contributed by atoms with van der Waals surface area (Å²) in [5.74, 6) is 0.665. The SMILES string of the molecule is Cc1ccc(O[C@H]2CCOC2)c(C#N)c1. The van der Waals surface area contributed by atoms with Crippen molar-refractivity contribution < 1.29 is 9.47 Å². The van der Waals surface area contributed by atoms with Gasteiger partial charge in [-0.2, -0.15) is 5.26 Å². The molecule has 1 aliphatic heterocycles. The van der Waals surface area contributed by atoms with E-state index in [0.29, 0.717) is 17.9 Å². The van der Waals surface area contributed by atoms with Gasteiger partial charge in [0, 0.05) is 6.42 Å². The molecule has 0 spiro atoms. The van der Waals surface area contributed by atoms with Crippen LogP contribution in [0.5, 0.6) is 5.75 Å². The van der Waals surface area contributed by atoms with Crippen LogP contribution >= 0.6 is 0 Å². The zero-order chi connectivity index (χ0) is 10.7. The van der Waals surface area contributed by atoms with Crippen LogP contribution in [0.4, 0.5) is 0 Å². The smallest absolute Gasteiger partial charge is 0.137 e. The summed E-state index contributed by atoms with van der Waals surface area (Å²) in [5, 5.41) is 8.96. The topological polar surface area (TPSA) is 42.2 Å². The minimum atomic E-state index is 0.0970. The maximum Gasteiger partial charge on any atom is 0.137 e. The third kappa shape index (κ3) is 2.28. The number of ether oxygens (including phenoxy) is 2. The number of benzene rings is 1. The van der Waals surface area contributed by atoms with Crippen molar-refractivity contribution in [2.45, 2.75) is 19.4 Å². The molecule has 0 radical (unpaired) electrons. The second-order valence-electron chi connectivity index (χ2n) is 3.71. The number of nitriles is 1. The summed E-state index contributed by atoms with van der Waals surface area (Å²) < 4.78 is 10.9. The van der Waals surface area contributed by atoms with Crippen molar-refractivity contribution in [1.82, 2.24) is 0 Å². The lowest BCUT2D eigenvalue weighted by atomic mass is 10.1. The third-order valence-electron chi connectivity index (χ3n) is 2.44. The molecule has 1 aromatic rings. The molecule has 0 aromatic heterocycles. The average Bonchev–Trinajstić information content (AvgIpc) is 2.73. The van der Waals surface area contributed by atoms with Crippen molar-refractivity contribution >= 4 is 0 Å². The number of hydrogen-bond donors (Lipinski definition) is 0. The minimum absolute atomic E-state index is 0.0970. The molecular formula is C12H13NO2. The molecule has 78 valence electrons. The van der Waals surface area contributed by atoms with Gasteiger partial charge in [-0.05, 0) is 24.6 Å². The zero-order valence-corrected chi connectivity index (χ0v) is 8.69. The van der Waals surface area contributed by atoms with Gasteiger partial charge in [0.05, 0.1) is 18.8 Å². The fraction of sp³-hybridized carbons (Fsp3) is 0.417. The van der Waals surface area contributed by atoms with Gasteiger partial charge in [0.1, 0.15) is 17.9 Å². The van der Waals surface area contributed by atoms with Crippen LogP contribution in [-0.4, -0.2) is 19.3 Å². The van der Waals surface area contributed by atoms with Gasteiger partial charge in [0.15, 0.2) is 0 Å². The highest BCUT2D eigenvalue weighted by Gasteiger charge is 2.18. The van der Waals surface area contributed by atoms with Crippen LogP contribution in [0.3, 0.4) is 0 Å². The van der Waals surface area contributed by atoms with Crippen molar-refractivity contribution in [2.75, 3.05) is 13.2 Å². The molecule has 1 atom stereocenters. The fourth-order valence-corrected chi connectivity index (χ4v) is 1.62. The molecule has 0 bridgehead atoms.